The second-order valence-electron chi connectivity index (χ2n) is 6.02. The van der Waals surface area contributed by atoms with Crippen molar-refractivity contribution in [1.82, 2.24) is 14.9 Å². The lowest BCUT2D eigenvalue weighted by molar-refractivity contribution is -0.132. The summed E-state index contributed by atoms with van der Waals surface area (Å²) in [6.45, 7) is 4.14. The van der Waals surface area contributed by atoms with E-state index < -0.39 is 10.0 Å². The number of sulfonamides is 1. The minimum Gasteiger partial charge on any atom is -0.343 e. The van der Waals surface area contributed by atoms with Crippen molar-refractivity contribution < 1.29 is 13.2 Å². The van der Waals surface area contributed by atoms with E-state index in [4.69, 9.17) is 0 Å². The third-order valence-corrected chi connectivity index (χ3v) is 6.86. The van der Waals surface area contributed by atoms with Crippen LogP contribution in [0, 0.1) is 0 Å². The average Bonchev–Trinajstić information content (AvgIpc) is 2.48. The molecule has 0 aromatic heterocycles. The van der Waals surface area contributed by atoms with Crippen molar-refractivity contribution in [2.75, 3.05) is 36.9 Å². The summed E-state index contributed by atoms with van der Waals surface area (Å²) in [5.41, 5.74) is 0. The van der Waals surface area contributed by atoms with Crippen molar-refractivity contribution in [2.24, 2.45) is 0 Å². The highest BCUT2D eigenvalue weighted by atomic mass is 32.2. The number of likely N-dealkylation sites (tertiary alicyclic amines) is 1. The van der Waals surface area contributed by atoms with E-state index in [0.717, 1.165) is 18.1 Å². The van der Waals surface area contributed by atoms with Crippen LogP contribution in [0.2, 0.25) is 0 Å². The molecule has 0 saturated carbocycles. The first-order valence-corrected chi connectivity index (χ1v) is 10.9. The van der Waals surface area contributed by atoms with E-state index in [1.165, 1.54) is 0 Å². The van der Waals surface area contributed by atoms with E-state index in [-0.39, 0.29) is 23.7 Å². The normalized spacial score (nSPS) is 24.4. The number of hydrogen-bond donors (Lipinski definition) is 2. The first kappa shape index (κ1) is 18.0. The summed E-state index contributed by atoms with van der Waals surface area (Å²) in [6, 6.07) is 0.260. The van der Waals surface area contributed by atoms with Gasteiger partial charge in [0.1, 0.15) is 0 Å². The number of nitrogens with zero attached hydrogens (tertiary/aromatic N) is 1. The van der Waals surface area contributed by atoms with Gasteiger partial charge >= 0.3 is 0 Å². The Bertz CT molecular complexity index is 456. The van der Waals surface area contributed by atoms with Gasteiger partial charge in [-0.15, -0.1) is 0 Å². The fraction of sp³-hybridized carbons (Fsp3) is 0.929. The number of piperidine rings is 1. The lowest BCUT2D eigenvalue weighted by Gasteiger charge is -2.33. The maximum atomic E-state index is 12.3. The van der Waals surface area contributed by atoms with Gasteiger partial charge in [0.05, 0.1) is 5.75 Å². The maximum absolute atomic E-state index is 12.3. The number of rotatable bonds is 6. The topological polar surface area (TPSA) is 78.5 Å². The summed E-state index contributed by atoms with van der Waals surface area (Å²) < 4.78 is 26.3. The number of carbonyl (C=O) groups is 1. The monoisotopic (exact) mass is 349 g/mol. The predicted molar refractivity (Wildman–Crippen MR) is 90.5 cm³/mol. The first-order chi connectivity index (χ1) is 10.5. The van der Waals surface area contributed by atoms with Gasteiger partial charge in [0.25, 0.3) is 0 Å². The van der Waals surface area contributed by atoms with Gasteiger partial charge in [0.2, 0.25) is 15.9 Å². The third-order valence-electron chi connectivity index (χ3n) is 4.09. The molecule has 8 heteroatoms. The Kier molecular flexibility index (Phi) is 6.98. The van der Waals surface area contributed by atoms with Gasteiger partial charge in [-0.05, 0) is 19.3 Å². The largest absolute Gasteiger partial charge is 0.343 e. The maximum Gasteiger partial charge on any atom is 0.224 e. The summed E-state index contributed by atoms with van der Waals surface area (Å²) in [7, 11) is -3.16. The average molecular weight is 350 g/mol. The third kappa shape index (κ3) is 5.72. The number of hydrogen-bond acceptors (Lipinski definition) is 5. The summed E-state index contributed by atoms with van der Waals surface area (Å²) in [6.07, 6.45) is 2.60. The second-order valence-corrected chi connectivity index (χ2v) is 9.05. The molecule has 6 nitrogen and oxygen atoms in total. The molecule has 22 heavy (non-hydrogen) atoms. The van der Waals surface area contributed by atoms with E-state index in [0.29, 0.717) is 38.8 Å². The van der Waals surface area contributed by atoms with E-state index >= 15 is 0 Å². The molecule has 2 rings (SSSR count). The van der Waals surface area contributed by atoms with Gasteiger partial charge in [-0.25, -0.2) is 13.1 Å². The van der Waals surface area contributed by atoms with Crippen LogP contribution < -0.4 is 10.0 Å². The molecular formula is C14H27N3O3S2. The Labute approximate surface area is 137 Å². The lowest BCUT2D eigenvalue weighted by Crippen LogP contribution is -2.48. The highest BCUT2D eigenvalue weighted by molar-refractivity contribution is 7.99. The molecule has 1 unspecified atom stereocenters. The smallest absolute Gasteiger partial charge is 0.224 e. The second kappa shape index (κ2) is 8.52. The highest BCUT2D eigenvalue weighted by Crippen LogP contribution is 2.16. The van der Waals surface area contributed by atoms with Crippen molar-refractivity contribution in [1.29, 1.82) is 0 Å². The van der Waals surface area contributed by atoms with Crippen LogP contribution in [0.4, 0.5) is 0 Å². The Morgan fingerprint density at radius 1 is 1.36 bits per heavy atom. The Morgan fingerprint density at radius 3 is 2.68 bits per heavy atom. The molecule has 1 atom stereocenters. The molecule has 0 radical (unpaired) electrons. The predicted octanol–water partition coefficient (Wildman–Crippen LogP) is 0.402. The number of nitrogens with one attached hydrogen (secondary N) is 2. The zero-order chi connectivity index (χ0) is 16.0. The lowest BCUT2D eigenvalue weighted by atomic mass is 10.1. The van der Waals surface area contributed by atoms with Crippen LogP contribution in [-0.4, -0.2) is 68.2 Å². The first-order valence-electron chi connectivity index (χ1n) is 8.09. The molecule has 2 fully saturated rings. The Balaban J connectivity index is 1.73. The fourth-order valence-electron chi connectivity index (χ4n) is 2.92. The molecule has 1 amide bonds. The van der Waals surface area contributed by atoms with Crippen LogP contribution in [0.25, 0.3) is 0 Å². The van der Waals surface area contributed by atoms with Crippen LogP contribution in [-0.2, 0) is 14.8 Å². The Morgan fingerprint density at radius 2 is 2.09 bits per heavy atom. The van der Waals surface area contributed by atoms with Crippen molar-refractivity contribution in [3.05, 3.63) is 0 Å². The minimum absolute atomic E-state index is 0.0241. The van der Waals surface area contributed by atoms with Crippen molar-refractivity contribution in [3.8, 4) is 0 Å². The van der Waals surface area contributed by atoms with E-state index in [2.05, 4.69) is 10.0 Å². The Hall–Kier alpha value is -0.310. The number of thioether (sulfide) groups is 1. The van der Waals surface area contributed by atoms with Gasteiger partial charge in [0.15, 0.2) is 0 Å². The SMILES string of the molecule is CCCS(=O)(=O)NC1CCN(C(=O)CC2CSCCN2)CC1. The van der Waals surface area contributed by atoms with Crippen LogP contribution in [0.1, 0.15) is 32.6 Å². The fourth-order valence-corrected chi connectivity index (χ4v) is 5.27. The van der Waals surface area contributed by atoms with Crippen molar-refractivity contribution in [3.63, 3.8) is 0 Å². The van der Waals surface area contributed by atoms with Crippen LogP contribution >= 0.6 is 11.8 Å². The van der Waals surface area contributed by atoms with Gasteiger partial charge in [0, 0.05) is 49.6 Å². The van der Waals surface area contributed by atoms with E-state index in [9.17, 15) is 13.2 Å². The molecule has 2 N–H and O–H groups in total. The molecule has 0 aromatic rings. The van der Waals surface area contributed by atoms with Gasteiger partial charge in [-0.3, -0.25) is 4.79 Å². The molecule has 2 aliphatic rings. The number of amides is 1. The summed E-state index contributed by atoms with van der Waals surface area (Å²) in [4.78, 5) is 14.2. The van der Waals surface area contributed by atoms with E-state index in [1.54, 1.807) is 0 Å². The van der Waals surface area contributed by atoms with Gasteiger partial charge in [-0.2, -0.15) is 11.8 Å². The molecular weight excluding hydrogens is 322 g/mol. The summed E-state index contributed by atoms with van der Waals surface area (Å²) in [5, 5.41) is 3.38. The molecule has 0 aromatic carbocycles. The molecule has 0 bridgehead atoms. The molecule has 2 aliphatic heterocycles. The highest BCUT2D eigenvalue weighted by Gasteiger charge is 2.27. The minimum atomic E-state index is -3.16. The standard InChI is InChI=1S/C14H27N3O3S2/c1-2-9-22(19,20)16-12-3-6-17(7-4-12)14(18)10-13-11-21-8-5-15-13/h12-13,15-16H,2-11H2,1H3. The zero-order valence-electron chi connectivity index (χ0n) is 13.2. The van der Waals surface area contributed by atoms with Crippen molar-refractivity contribution in [2.45, 2.75) is 44.7 Å². The van der Waals surface area contributed by atoms with Crippen LogP contribution in [0.15, 0.2) is 0 Å². The summed E-state index contributed by atoms with van der Waals surface area (Å²) >= 11 is 1.89. The van der Waals surface area contributed by atoms with E-state index in [1.807, 2.05) is 23.6 Å². The van der Waals surface area contributed by atoms with Crippen LogP contribution in [0.5, 0.6) is 0 Å². The molecule has 2 saturated heterocycles. The number of carbonyl (C=O) groups excluding carboxylic acids is 1. The van der Waals surface area contributed by atoms with Gasteiger partial charge < -0.3 is 10.2 Å². The molecule has 0 aliphatic carbocycles. The quantitative estimate of drug-likeness (QED) is 0.726. The zero-order valence-corrected chi connectivity index (χ0v) is 14.8. The molecule has 128 valence electrons. The molecule has 0 spiro atoms. The van der Waals surface area contributed by atoms with Crippen LogP contribution in [0.3, 0.4) is 0 Å². The van der Waals surface area contributed by atoms with Gasteiger partial charge in [-0.1, -0.05) is 6.92 Å². The molecule has 2 heterocycles. The summed E-state index contributed by atoms with van der Waals surface area (Å²) in [5.74, 6) is 2.49. The van der Waals surface area contributed by atoms with Crippen molar-refractivity contribution >= 4 is 27.7 Å².